The monoisotopic (exact) mass is 1920 g/mol. The smallest absolute Gasteiger partial charge is 0.159 e. The molecule has 3 aromatic heterocycles. The summed E-state index contributed by atoms with van der Waals surface area (Å²) in [5.41, 5.74) is 38.3. The molecule has 0 amide bonds. The van der Waals surface area contributed by atoms with Crippen LogP contribution in [0.5, 0.6) is 0 Å². The molecule has 0 spiro atoms. The van der Waals surface area contributed by atoms with E-state index in [0.717, 1.165) is 139 Å². The number of fused-ring (bicyclic) bond motifs is 15. The summed E-state index contributed by atoms with van der Waals surface area (Å²) in [7, 11) is 0. The maximum atomic E-state index is 6.77. The normalized spacial score (nSPS) is 11.3. The molecule has 0 fully saturated rings. The summed E-state index contributed by atoms with van der Waals surface area (Å²) in [5, 5.41) is 14.0. The Hall–Kier alpha value is -19.9. The van der Waals surface area contributed by atoms with Crippen LogP contribution in [0.4, 0.5) is 51.2 Å². The molecule has 0 radical (unpaired) electrons. The Kier molecular flexibility index (Phi) is 24.0. The topological polar surface area (TPSA) is 49.1 Å². The highest BCUT2D eigenvalue weighted by Crippen LogP contribution is 2.51. The van der Waals surface area contributed by atoms with Crippen LogP contribution in [0.25, 0.3) is 209 Å². The maximum Gasteiger partial charge on any atom is 0.159 e. The molecule has 28 aromatic rings. The summed E-state index contributed by atoms with van der Waals surface area (Å²) in [5.74, 6) is 0. The van der Waals surface area contributed by atoms with Gasteiger partial charge >= 0.3 is 0 Å². The predicted molar refractivity (Wildman–Crippen MR) is 632 cm³/mol. The highest BCUT2D eigenvalue weighted by atomic mass is 16.3. The van der Waals surface area contributed by atoms with Crippen molar-refractivity contribution in [2.45, 2.75) is 0 Å². The highest BCUT2D eigenvalue weighted by Gasteiger charge is 2.27. The Labute approximate surface area is 870 Å². The molecule has 0 aliphatic heterocycles. The average Bonchev–Trinajstić information content (AvgIpc) is 1.59. The molecule has 0 aliphatic carbocycles. The van der Waals surface area contributed by atoms with Gasteiger partial charge < -0.3 is 28.0 Å². The molecule has 706 valence electrons. The van der Waals surface area contributed by atoms with Crippen molar-refractivity contribution in [1.29, 1.82) is 0 Å². The Morgan fingerprint density at radius 1 is 0.113 bits per heavy atom. The quantitative estimate of drug-likeness (QED) is 0.0804. The van der Waals surface area contributed by atoms with Crippen LogP contribution in [0.2, 0.25) is 0 Å². The van der Waals surface area contributed by atoms with Crippen molar-refractivity contribution in [3.05, 3.63) is 588 Å². The second kappa shape index (κ2) is 40.0. The molecular formula is C144H97N3O3. The molecule has 0 aliphatic rings. The zero-order valence-electron chi connectivity index (χ0n) is 82.1. The fourth-order valence-electron chi connectivity index (χ4n) is 21.6. The summed E-state index contributed by atoms with van der Waals surface area (Å²) in [6.45, 7) is 0. The third-order valence-electron chi connectivity index (χ3n) is 29.0. The first-order chi connectivity index (χ1) is 74.4. The van der Waals surface area contributed by atoms with E-state index in [1.807, 2.05) is 0 Å². The van der Waals surface area contributed by atoms with Crippen molar-refractivity contribution in [3.63, 3.8) is 0 Å². The van der Waals surface area contributed by atoms with Gasteiger partial charge in [-0.15, -0.1) is 0 Å². The van der Waals surface area contributed by atoms with E-state index in [0.29, 0.717) is 0 Å². The average molecular weight is 1920 g/mol. The van der Waals surface area contributed by atoms with Crippen molar-refractivity contribution >= 4 is 149 Å². The van der Waals surface area contributed by atoms with Crippen LogP contribution in [-0.2, 0) is 0 Å². The van der Waals surface area contributed by atoms with Gasteiger partial charge in [0.1, 0.15) is 16.7 Å². The molecule has 0 atom stereocenters. The summed E-state index contributed by atoms with van der Waals surface area (Å²) in [6.07, 6.45) is 0. The molecule has 0 bridgehead atoms. The van der Waals surface area contributed by atoms with Crippen molar-refractivity contribution in [2.24, 2.45) is 0 Å². The van der Waals surface area contributed by atoms with E-state index in [-0.39, 0.29) is 0 Å². The Morgan fingerprint density at radius 2 is 0.293 bits per heavy atom. The molecule has 6 nitrogen and oxygen atoms in total. The number of furan rings is 3. The van der Waals surface area contributed by atoms with Crippen LogP contribution in [0.1, 0.15) is 0 Å². The lowest BCUT2D eigenvalue weighted by Crippen LogP contribution is -2.10. The van der Waals surface area contributed by atoms with Gasteiger partial charge in [-0.25, -0.2) is 0 Å². The molecule has 0 saturated carbocycles. The summed E-state index contributed by atoms with van der Waals surface area (Å²) < 4.78 is 20.3. The number of benzene rings is 25. The lowest BCUT2D eigenvalue weighted by Gasteiger charge is -2.26. The van der Waals surface area contributed by atoms with Crippen LogP contribution >= 0.6 is 0 Å². The first kappa shape index (κ1) is 90.1. The molecule has 28 rings (SSSR count). The van der Waals surface area contributed by atoms with Gasteiger partial charge in [0.2, 0.25) is 0 Å². The van der Waals surface area contributed by atoms with E-state index < -0.39 is 0 Å². The van der Waals surface area contributed by atoms with Gasteiger partial charge in [0, 0.05) is 66.4 Å². The fourth-order valence-corrected chi connectivity index (χ4v) is 21.6. The minimum absolute atomic E-state index is 0.866. The number of anilines is 9. The van der Waals surface area contributed by atoms with Crippen molar-refractivity contribution in [3.8, 4) is 111 Å². The number of rotatable bonds is 19. The van der Waals surface area contributed by atoms with Crippen LogP contribution in [-0.4, -0.2) is 0 Å². The SMILES string of the molecule is c1ccc(-c2ccc(-c3ccc(N(c4ccc(-c5ccc(-c6ccccc6)cc5)cc4)c4cccc5c4oc4ccc6ccccc6c45)cc3)cc2)cc1.c1ccc(-c2ccc(-c3cccc(N(c4cccc(-c5ccccc5)c4)c4cccc5c4oc4ccc6ccccc6c45)c3)cc2)cc1.c1ccc(-c2cccc(-c3cccc(N(c4cccc(-c5ccccc5)c4)c4cccc5c4oc4ccc6ccccc6c45)c3)c2)cc1. The van der Waals surface area contributed by atoms with Crippen LogP contribution in [0, 0.1) is 0 Å². The van der Waals surface area contributed by atoms with Crippen LogP contribution in [0.15, 0.2) is 602 Å². The lowest BCUT2D eigenvalue weighted by atomic mass is 9.98. The van der Waals surface area contributed by atoms with Gasteiger partial charge in [-0.2, -0.15) is 0 Å². The minimum atomic E-state index is 0.866. The molecular weight excluding hydrogens is 1820 g/mol. The third kappa shape index (κ3) is 17.7. The fraction of sp³-hybridized carbons (Fsp3) is 0. The minimum Gasteiger partial charge on any atom is -0.454 e. The standard InChI is InChI=1S/C52H35NO.2C46H31NO/c1-3-10-36(11-4-1)38-18-22-40(23-19-38)42-26-31-45(32-27-42)53(46-33-28-43(29-34-46)41-24-20-39(21-25-41)37-12-5-2-6-13-37)49-17-9-16-48-51-47-15-8-7-14-44(47)30-35-50(51)54-52(48)49;1-3-13-32(14-4-1)35-18-9-19-36(29-35)38-21-11-23-40(31-38)47(39-22-10-20-37(30-39)33-15-5-2-6-16-33)43-26-12-25-42-45-41-24-8-7-17-34(41)27-28-44(45)48-46(42)43;1-3-12-32(13-4-1)34-24-26-35(27-25-34)38-18-10-20-40(31-38)47(39-19-9-17-37(30-39)33-14-5-2-6-15-33)43-23-11-22-42-45-41-21-8-7-16-36(41)28-29-44(45)48-46(42)43/h1-35H;2*1-31H. The molecule has 150 heavy (non-hydrogen) atoms. The van der Waals surface area contributed by atoms with Crippen molar-refractivity contribution in [2.75, 3.05) is 14.7 Å². The van der Waals surface area contributed by atoms with Gasteiger partial charge in [0.05, 0.1) is 17.1 Å². The van der Waals surface area contributed by atoms with E-state index in [9.17, 15) is 0 Å². The van der Waals surface area contributed by atoms with E-state index in [4.69, 9.17) is 13.3 Å². The third-order valence-corrected chi connectivity index (χ3v) is 29.0. The van der Waals surface area contributed by atoms with E-state index in [1.54, 1.807) is 0 Å². The second-order valence-corrected chi connectivity index (χ2v) is 38.1. The lowest BCUT2D eigenvalue weighted by molar-refractivity contribution is 0.669. The van der Waals surface area contributed by atoms with Crippen LogP contribution < -0.4 is 14.7 Å². The van der Waals surface area contributed by atoms with E-state index in [2.05, 4.69) is 603 Å². The Bertz CT molecular complexity index is 9650. The van der Waals surface area contributed by atoms with E-state index >= 15 is 0 Å². The summed E-state index contributed by atoms with van der Waals surface area (Å²) in [4.78, 5) is 6.99. The Morgan fingerprint density at radius 3 is 0.567 bits per heavy atom. The van der Waals surface area contributed by atoms with Gasteiger partial charge in [0.15, 0.2) is 16.7 Å². The zero-order chi connectivity index (χ0) is 99.6. The molecule has 0 N–H and O–H groups in total. The molecule has 0 unspecified atom stereocenters. The Balaban J connectivity index is 0.000000114. The molecule has 6 heteroatoms. The first-order valence-electron chi connectivity index (χ1n) is 51.1. The summed E-state index contributed by atoms with van der Waals surface area (Å²) >= 11 is 0. The van der Waals surface area contributed by atoms with E-state index in [1.165, 1.54) is 121 Å². The first-order valence-corrected chi connectivity index (χ1v) is 51.1. The second-order valence-electron chi connectivity index (χ2n) is 38.1. The molecule has 0 saturated heterocycles. The number of para-hydroxylation sites is 3. The van der Waals surface area contributed by atoms with Gasteiger partial charge in [-0.05, 0) is 259 Å². The highest BCUT2D eigenvalue weighted by molar-refractivity contribution is 6.24. The number of nitrogens with zero attached hydrogens (tertiary/aromatic N) is 3. The van der Waals surface area contributed by atoms with Crippen LogP contribution in [0.3, 0.4) is 0 Å². The number of hydrogen-bond donors (Lipinski definition) is 0. The van der Waals surface area contributed by atoms with Crippen molar-refractivity contribution in [1.82, 2.24) is 0 Å². The van der Waals surface area contributed by atoms with Gasteiger partial charge in [0.25, 0.3) is 0 Å². The zero-order valence-corrected chi connectivity index (χ0v) is 82.1. The number of hydrogen-bond acceptors (Lipinski definition) is 6. The largest absolute Gasteiger partial charge is 0.454 e. The molecule has 3 heterocycles. The summed E-state index contributed by atoms with van der Waals surface area (Å²) in [6, 6.07) is 209. The molecule has 25 aromatic carbocycles. The maximum absolute atomic E-state index is 6.77. The van der Waals surface area contributed by atoms with Gasteiger partial charge in [-0.1, -0.05) is 473 Å². The van der Waals surface area contributed by atoms with Gasteiger partial charge in [-0.3, -0.25) is 0 Å². The van der Waals surface area contributed by atoms with Crippen molar-refractivity contribution < 1.29 is 13.3 Å². The predicted octanol–water partition coefficient (Wildman–Crippen LogP) is 41.3.